The van der Waals surface area contributed by atoms with E-state index in [1.807, 2.05) is 11.7 Å². The van der Waals surface area contributed by atoms with Gasteiger partial charge in [-0.25, -0.2) is 0 Å². The fourth-order valence-electron chi connectivity index (χ4n) is 1.34. The first-order valence-electron chi connectivity index (χ1n) is 4.72. The fourth-order valence-corrected chi connectivity index (χ4v) is 1.34. The largest absolute Gasteiger partial charge is 0.195 e. The molecule has 0 spiro atoms. The normalized spacial score (nSPS) is 11.0. The van der Waals surface area contributed by atoms with E-state index in [0.29, 0.717) is 0 Å². The smallest absolute Gasteiger partial charge is 0.170 e. The van der Waals surface area contributed by atoms with Crippen molar-refractivity contribution in [3.63, 3.8) is 0 Å². The molecule has 1 aromatic rings. The van der Waals surface area contributed by atoms with Crippen LogP contribution < -0.4 is 4.68 Å². The Bertz CT molecular complexity index is 225. The van der Waals surface area contributed by atoms with Crippen molar-refractivity contribution in [1.82, 2.24) is 5.10 Å². The first-order chi connectivity index (χ1) is 5.68. The number of hydrogen-bond acceptors (Lipinski definition) is 0. The SMILES string of the molecule is CC(C)CCCc1cc[n+](C)[nH]1. The van der Waals surface area contributed by atoms with Gasteiger partial charge in [-0.05, 0) is 18.8 Å². The molecule has 1 aromatic heterocycles. The summed E-state index contributed by atoms with van der Waals surface area (Å²) in [5.41, 5.74) is 1.35. The van der Waals surface area contributed by atoms with Gasteiger partial charge in [0.1, 0.15) is 0 Å². The molecule has 1 N–H and O–H groups in total. The third-order valence-electron chi connectivity index (χ3n) is 2.05. The van der Waals surface area contributed by atoms with Crippen LogP contribution in [0.25, 0.3) is 0 Å². The zero-order valence-electron chi connectivity index (χ0n) is 8.30. The molecule has 0 bridgehead atoms. The van der Waals surface area contributed by atoms with E-state index < -0.39 is 0 Å². The van der Waals surface area contributed by atoms with E-state index >= 15 is 0 Å². The van der Waals surface area contributed by atoms with Gasteiger partial charge in [0.2, 0.25) is 0 Å². The van der Waals surface area contributed by atoms with Crippen molar-refractivity contribution < 1.29 is 4.68 Å². The first-order valence-corrected chi connectivity index (χ1v) is 4.72. The van der Waals surface area contributed by atoms with Crippen LogP contribution in [0.1, 0.15) is 32.4 Å². The second-order valence-corrected chi connectivity index (χ2v) is 3.85. The van der Waals surface area contributed by atoms with Crippen molar-refractivity contribution in [2.75, 3.05) is 0 Å². The lowest BCUT2D eigenvalue weighted by molar-refractivity contribution is -0.727. The Labute approximate surface area is 74.6 Å². The predicted octanol–water partition coefficient (Wildman–Crippen LogP) is 1.82. The Hall–Kier alpha value is -0.790. The number of H-pyrrole nitrogens is 1. The van der Waals surface area contributed by atoms with Gasteiger partial charge in [0.05, 0.1) is 5.69 Å². The quantitative estimate of drug-likeness (QED) is 0.660. The van der Waals surface area contributed by atoms with Crippen LogP contribution >= 0.6 is 0 Å². The van der Waals surface area contributed by atoms with Gasteiger partial charge >= 0.3 is 0 Å². The van der Waals surface area contributed by atoms with Gasteiger partial charge in [0, 0.05) is 6.07 Å². The number of rotatable bonds is 4. The van der Waals surface area contributed by atoms with Gasteiger partial charge in [0.25, 0.3) is 0 Å². The molecule has 12 heavy (non-hydrogen) atoms. The highest BCUT2D eigenvalue weighted by Gasteiger charge is 2.00. The molecule has 1 heterocycles. The zero-order chi connectivity index (χ0) is 8.97. The van der Waals surface area contributed by atoms with Gasteiger partial charge in [-0.2, -0.15) is 5.10 Å². The Balaban J connectivity index is 2.24. The highest BCUT2D eigenvalue weighted by atomic mass is 15.2. The number of aromatic amines is 1. The van der Waals surface area contributed by atoms with Gasteiger partial charge < -0.3 is 0 Å². The van der Waals surface area contributed by atoms with Gasteiger partial charge in [-0.1, -0.05) is 20.3 Å². The summed E-state index contributed by atoms with van der Waals surface area (Å²) in [6.45, 7) is 4.55. The third kappa shape index (κ3) is 3.07. The maximum atomic E-state index is 3.27. The molecule has 2 heteroatoms. The molecule has 0 radical (unpaired) electrons. The minimum absolute atomic E-state index is 0.828. The number of nitrogens with one attached hydrogen (secondary N) is 1. The summed E-state index contributed by atoms with van der Waals surface area (Å²) < 4.78 is 1.99. The van der Waals surface area contributed by atoms with Gasteiger partial charge in [0.15, 0.2) is 13.2 Å². The maximum absolute atomic E-state index is 3.27. The van der Waals surface area contributed by atoms with Crippen LogP contribution in [0.2, 0.25) is 0 Å². The molecule has 0 saturated carbocycles. The molecule has 0 amide bonds. The zero-order valence-corrected chi connectivity index (χ0v) is 8.30. The van der Waals surface area contributed by atoms with Crippen LogP contribution in [-0.4, -0.2) is 5.10 Å². The number of aromatic nitrogens is 2. The molecule has 0 aromatic carbocycles. The molecule has 0 aliphatic carbocycles. The summed E-state index contributed by atoms with van der Waals surface area (Å²) in [5.74, 6) is 0.828. The Kier molecular flexibility index (Phi) is 3.32. The summed E-state index contributed by atoms with van der Waals surface area (Å²) in [5, 5.41) is 3.27. The van der Waals surface area contributed by atoms with Crippen LogP contribution in [0.5, 0.6) is 0 Å². The first kappa shape index (κ1) is 9.30. The topological polar surface area (TPSA) is 19.7 Å². The standard InChI is InChI=1S/C10H18N2/c1-9(2)5-4-6-10-7-8-12(3)11-10/h7-9H,4-6H2,1-3H3/p+1. The maximum Gasteiger partial charge on any atom is 0.195 e. The molecule has 2 nitrogen and oxygen atoms in total. The summed E-state index contributed by atoms with van der Waals surface area (Å²) in [7, 11) is 2.02. The number of nitrogens with zero attached hydrogens (tertiary/aromatic N) is 1. The predicted molar refractivity (Wildman–Crippen MR) is 49.7 cm³/mol. The van der Waals surface area contributed by atoms with Crippen LogP contribution in [0, 0.1) is 5.92 Å². The second-order valence-electron chi connectivity index (χ2n) is 3.85. The molecule has 1 rings (SSSR count). The van der Waals surface area contributed by atoms with E-state index in [9.17, 15) is 0 Å². The van der Waals surface area contributed by atoms with Crippen molar-refractivity contribution in [3.8, 4) is 0 Å². The highest BCUT2D eigenvalue weighted by molar-refractivity contribution is 4.93. The molecule has 0 aliphatic rings. The molecule has 0 fully saturated rings. The minimum atomic E-state index is 0.828. The Morgan fingerprint density at radius 2 is 2.25 bits per heavy atom. The molecule has 0 aliphatic heterocycles. The lowest BCUT2D eigenvalue weighted by atomic mass is 10.1. The van der Waals surface area contributed by atoms with E-state index in [0.717, 1.165) is 5.92 Å². The number of aryl methyl sites for hydroxylation is 2. The average molecular weight is 167 g/mol. The molecular formula is C10H19N2+. The average Bonchev–Trinajstić information content (AvgIpc) is 2.35. The van der Waals surface area contributed by atoms with Crippen molar-refractivity contribution >= 4 is 0 Å². The van der Waals surface area contributed by atoms with E-state index in [1.165, 1.54) is 25.0 Å². The summed E-state index contributed by atoms with van der Waals surface area (Å²) in [4.78, 5) is 0. The van der Waals surface area contributed by atoms with Crippen molar-refractivity contribution in [2.45, 2.75) is 33.1 Å². The lowest BCUT2D eigenvalue weighted by Crippen LogP contribution is -2.28. The van der Waals surface area contributed by atoms with Gasteiger partial charge in [-0.3, -0.25) is 0 Å². The molecule has 0 saturated heterocycles. The van der Waals surface area contributed by atoms with Crippen LogP contribution in [-0.2, 0) is 13.5 Å². The van der Waals surface area contributed by atoms with E-state index in [-0.39, 0.29) is 0 Å². The van der Waals surface area contributed by atoms with E-state index in [4.69, 9.17) is 0 Å². The van der Waals surface area contributed by atoms with Crippen molar-refractivity contribution in [2.24, 2.45) is 13.0 Å². The molecule has 0 atom stereocenters. The lowest BCUT2D eigenvalue weighted by Gasteiger charge is -2.01. The second kappa shape index (κ2) is 4.29. The minimum Gasteiger partial charge on any atom is -0.170 e. The summed E-state index contributed by atoms with van der Waals surface area (Å²) >= 11 is 0. The monoisotopic (exact) mass is 167 g/mol. The van der Waals surface area contributed by atoms with Crippen LogP contribution in [0.15, 0.2) is 12.3 Å². The van der Waals surface area contributed by atoms with Gasteiger partial charge in [-0.15, -0.1) is 4.68 Å². The van der Waals surface area contributed by atoms with Crippen molar-refractivity contribution in [3.05, 3.63) is 18.0 Å². The van der Waals surface area contributed by atoms with E-state index in [2.05, 4.69) is 31.2 Å². The van der Waals surface area contributed by atoms with E-state index in [1.54, 1.807) is 0 Å². The molecule has 0 unspecified atom stereocenters. The molecule has 68 valence electrons. The third-order valence-corrected chi connectivity index (χ3v) is 2.05. The Morgan fingerprint density at radius 3 is 2.75 bits per heavy atom. The Morgan fingerprint density at radius 1 is 1.50 bits per heavy atom. The van der Waals surface area contributed by atoms with Crippen LogP contribution in [0.4, 0.5) is 0 Å². The van der Waals surface area contributed by atoms with Crippen molar-refractivity contribution in [1.29, 1.82) is 0 Å². The summed E-state index contributed by atoms with van der Waals surface area (Å²) in [6.07, 6.45) is 5.85. The number of hydrogen-bond donors (Lipinski definition) is 1. The summed E-state index contributed by atoms with van der Waals surface area (Å²) in [6, 6.07) is 2.15. The fraction of sp³-hybridized carbons (Fsp3) is 0.700. The highest BCUT2D eigenvalue weighted by Crippen LogP contribution is 2.06. The molecular weight excluding hydrogens is 148 g/mol. The van der Waals surface area contributed by atoms with Crippen LogP contribution in [0.3, 0.4) is 0 Å².